The Morgan fingerprint density at radius 1 is 0.971 bits per heavy atom. The number of amides is 1. The van der Waals surface area contributed by atoms with Gasteiger partial charge in [0.2, 0.25) is 0 Å². The first-order chi connectivity index (χ1) is 16.6. The predicted molar refractivity (Wildman–Crippen MR) is 133 cm³/mol. The van der Waals surface area contributed by atoms with Crippen molar-refractivity contribution in [2.45, 2.75) is 31.6 Å². The van der Waals surface area contributed by atoms with Crippen LogP contribution >= 0.6 is 0 Å². The molecule has 0 atom stereocenters. The predicted octanol–water partition coefficient (Wildman–Crippen LogP) is 3.81. The van der Waals surface area contributed by atoms with Crippen LogP contribution in [0.4, 0.5) is 15.9 Å². The molecule has 1 saturated heterocycles. The number of benzene rings is 2. The van der Waals surface area contributed by atoms with Crippen molar-refractivity contribution in [3.05, 3.63) is 77.5 Å². The molecule has 184 valence electrons. The molecule has 0 radical (unpaired) electrons. The molecule has 0 aliphatic carbocycles. The number of nitrogens with zero attached hydrogens (tertiary/aromatic N) is 4. The van der Waals surface area contributed by atoms with E-state index in [1.165, 1.54) is 12.1 Å². The van der Waals surface area contributed by atoms with Gasteiger partial charge < -0.3 is 9.80 Å². The minimum atomic E-state index is -3.86. The third-order valence-corrected chi connectivity index (χ3v) is 7.17. The van der Waals surface area contributed by atoms with Crippen LogP contribution in [0.1, 0.15) is 41.6 Å². The number of halogens is 1. The number of piperazine rings is 1. The molecule has 0 saturated carbocycles. The van der Waals surface area contributed by atoms with Crippen molar-refractivity contribution in [1.29, 1.82) is 0 Å². The summed E-state index contributed by atoms with van der Waals surface area (Å²) in [6, 6.07) is 12.8. The molecule has 2 heterocycles. The van der Waals surface area contributed by atoms with Gasteiger partial charge in [-0.2, -0.15) is 0 Å². The molecule has 8 nitrogen and oxygen atoms in total. The van der Waals surface area contributed by atoms with Crippen molar-refractivity contribution in [3.63, 3.8) is 0 Å². The lowest BCUT2D eigenvalue weighted by Crippen LogP contribution is -2.49. The molecule has 3 aromatic rings. The summed E-state index contributed by atoms with van der Waals surface area (Å²) in [5.41, 5.74) is 1.71. The number of rotatable bonds is 6. The highest BCUT2D eigenvalue weighted by Gasteiger charge is 2.24. The SMILES string of the molecule is Cc1cc(N2CCN(C(=O)c3ccc(NS(=O)(=O)c4ccc(F)cc4)cc3)CC2)nc(C(C)C)n1. The van der Waals surface area contributed by atoms with E-state index in [2.05, 4.69) is 33.4 Å². The van der Waals surface area contributed by atoms with E-state index in [1.807, 2.05) is 13.0 Å². The molecule has 0 bridgehead atoms. The van der Waals surface area contributed by atoms with E-state index < -0.39 is 15.8 Å². The zero-order chi connectivity index (χ0) is 25.2. The van der Waals surface area contributed by atoms with Gasteiger partial charge in [0, 0.05) is 55.1 Å². The number of sulfonamides is 1. The summed E-state index contributed by atoms with van der Waals surface area (Å²) in [4.78, 5) is 26.1. The lowest BCUT2D eigenvalue weighted by atomic mass is 10.1. The number of carbonyl (C=O) groups excluding carboxylic acids is 1. The van der Waals surface area contributed by atoms with E-state index in [0.29, 0.717) is 37.4 Å². The van der Waals surface area contributed by atoms with Gasteiger partial charge in [0.25, 0.3) is 15.9 Å². The van der Waals surface area contributed by atoms with Crippen LogP contribution in [-0.2, 0) is 10.0 Å². The Hall–Kier alpha value is -3.53. The van der Waals surface area contributed by atoms with Crippen LogP contribution in [0.2, 0.25) is 0 Å². The molecule has 10 heteroatoms. The first-order valence-corrected chi connectivity index (χ1v) is 12.9. The summed E-state index contributed by atoms with van der Waals surface area (Å²) in [5.74, 6) is 1.30. The Kier molecular flexibility index (Phi) is 7.02. The standard InChI is InChI=1S/C25H28FN5O3S/c1-17(2)24-27-18(3)16-23(28-24)30-12-14-31(15-13-30)25(32)19-4-8-21(9-5-19)29-35(33,34)22-10-6-20(26)7-11-22/h4-11,16-17,29H,12-15H2,1-3H3. The number of hydrogen-bond acceptors (Lipinski definition) is 6. The minimum absolute atomic E-state index is 0.0451. The molecule has 2 aromatic carbocycles. The van der Waals surface area contributed by atoms with E-state index >= 15 is 0 Å². The lowest BCUT2D eigenvalue weighted by Gasteiger charge is -2.35. The van der Waals surface area contributed by atoms with Gasteiger partial charge >= 0.3 is 0 Å². The third-order valence-electron chi connectivity index (χ3n) is 5.77. The third kappa shape index (κ3) is 5.76. The molecule has 1 aliphatic rings. The smallest absolute Gasteiger partial charge is 0.261 e. The Morgan fingerprint density at radius 3 is 2.20 bits per heavy atom. The number of aryl methyl sites for hydroxylation is 1. The van der Waals surface area contributed by atoms with Crippen LogP contribution in [-0.4, -0.2) is 55.4 Å². The first-order valence-electron chi connectivity index (χ1n) is 11.4. The average Bonchev–Trinajstić information content (AvgIpc) is 2.84. The van der Waals surface area contributed by atoms with Gasteiger partial charge in [0.05, 0.1) is 4.90 Å². The van der Waals surface area contributed by atoms with Gasteiger partial charge in [-0.25, -0.2) is 22.8 Å². The van der Waals surface area contributed by atoms with Crippen molar-refractivity contribution < 1.29 is 17.6 Å². The highest BCUT2D eigenvalue weighted by Crippen LogP contribution is 2.21. The normalized spacial score (nSPS) is 14.3. The van der Waals surface area contributed by atoms with Gasteiger partial charge in [-0.15, -0.1) is 0 Å². The largest absolute Gasteiger partial charge is 0.353 e. The Balaban J connectivity index is 1.38. The Morgan fingerprint density at radius 2 is 1.60 bits per heavy atom. The summed E-state index contributed by atoms with van der Waals surface area (Å²) < 4.78 is 40.5. The monoisotopic (exact) mass is 497 g/mol. The summed E-state index contributed by atoms with van der Waals surface area (Å²) in [6.45, 7) is 8.52. The summed E-state index contributed by atoms with van der Waals surface area (Å²) in [7, 11) is -3.86. The fourth-order valence-corrected chi connectivity index (χ4v) is 4.88. The molecule has 1 fully saturated rings. The zero-order valence-electron chi connectivity index (χ0n) is 19.9. The van der Waals surface area contributed by atoms with Crippen LogP contribution < -0.4 is 9.62 Å². The van der Waals surface area contributed by atoms with Gasteiger partial charge in [-0.1, -0.05) is 13.8 Å². The second kappa shape index (κ2) is 9.99. The quantitative estimate of drug-likeness (QED) is 0.557. The van der Waals surface area contributed by atoms with E-state index in [9.17, 15) is 17.6 Å². The van der Waals surface area contributed by atoms with Crippen molar-refractivity contribution in [2.75, 3.05) is 35.8 Å². The highest BCUT2D eigenvalue weighted by atomic mass is 32.2. The highest BCUT2D eigenvalue weighted by molar-refractivity contribution is 7.92. The number of nitrogens with one attached hydrogen (secondary N) is 1. The van der Waals surface area contributed by atoms with E-state index in [1.54, 1.807) is 29.2 Å². The van der Waals surface area contributed by atoms with Crippen LogP contribution in [0.3, 0.4) is 0 Å². The van der Waals surface area contributed by atoms with Crippen LogP contribution in [0.5, 0.6) is 0 Å². The molecule has 1 amide bonds. The fourth-order valence-electron chi connectivity index (χ4n) is 3.82. The molecular weight excluding hydrogens is 469 g/mol. The van der Waals surface area contributed by atoms with Crippen LogP contribution in [0.25, 0.3) is 0 Å². The molecule has 1 N–H and O–H groups in total. The molecule has 4 rings (SSSR count). The summed E-state index contributed by atoms with van der Waals surface area (Å²) in [5, 5.41) is 0. The van der Waals surface area contributed by atoms with E-state index in [0.717, 1.165) is 29.5 Å². The van der Waals surface area contributed by atoms with E-state index in [4.69, 9.17) is 0 Å². The topological polar surface area (TPSA) is 95.5 Å². The maximum atomic E-state index is 13.1. The van der Waals surface area contributed by atoms with Crippen molar-refractivity contribution in [2.24, 2.45) is 0 Å². The maximum Gasteiger partial charge on any atom is 0.261 e. The molecule has 0 unspecified atom stereocenters. The zero-order valence-corrected chi connectivity index (χ0v) is 20.7. The second-order valence-electron chi connectivity index (χ2n) is 8.80. The number of aromatic nitrogens is 2. The molecular formula is C25H28FN5O3S. The van der Waals surface area contributed by atoms with Crippen molar-refractivity contribution in [1.82, 2.24) is 14.9 Å². The van der Waals surface area contributed by atoms with Gasteiger partial charge in [0.1, 0.15) is 17.5 Å². The first kappa shape index (κ1) is 24.6. The van der Waals surface area contributed by atoms with Crippen molar-refractivity contribution >= 4 is 27.4 Å². The minimum Gasteiger partial charge on any atom is -0.353 e. The molecule has 0 spiro atoms. The number of anilines is 2. The van der Waals surface area contributed by atoms with Gasteiger partial charge in [0.15, 0.2) is 0 Å². The summed E-state index contributed by atoms with van der Waals surface area (Å²) >= 11 is 0. The van der Waals surface area contributed by atoms with E-state index in [-0.39, 0.29) is 16.7 Å². The molecule has 1 aliphatic heterocycles. The Bertz CT molecular complexity index is 1300. The molecule has 1 aromatic heterocycles. The van der Waals surface area contributed by atoms with Gasteiger partial charge in [-0.3, -0.25) is 9.52 Å². The summed E-state index contributed by atoms with van der Waals surface area (Å²) in [6.07, 6.45) is 0. The van der Waals surface area contributed by atoms with Crippen LogP contribution in [0.15, 0.2) is 59.5 Å². The van der Waals surface area contributed by atoms with Gasteiger partial charge in [-0.05, 0) is 55.5 Å². The van der Waals surface area contributed by atoms with Crippen molar-refractivity contribution in [3.8, 4) is 0 Å². The number of hydrogen-bond donors (Lipinski definition) is 1. The molecule has 35 heavy (non-hydrogen) atoms. The number of carbonyl (C=O) groups is 1. The maximum absolute atomic E-state index is 13.1. The second-order valence-corrected chi connectivity index (χ2v) is 10.5. The van der Waals surface area contributed by atoms with Crippen LogP contribution in [0, 0.1) is 12.7 Å². The lowest BCUT2D eigenvalue weighted by molar-refractivity contribution is 0.0746. The Labute approximate surface area is 204 Å². The fraction of sp³-hybridized carbons (Fsp3) is 0.320. The average molecular weight is 498 g/mol.